The molecule has 0 amide bonds. The first-order chi connectivity index (χ1) is 27.9. The Kier molecular flexibility index (Phi) is 9.02. The van der Waals surface area contributed by atoms with Crippen LogP contribution in [0.3, 0.4) is 0 Å². The molecular formula is C46H55N4O8+. The molecule has 58 heavy (non-hydrogen) atoms. The lowest BCUT2D eigenvalue weighted by Crippen LogP contribution is -2.81. The molecule has 2 fully saturated rings. The lowest BCUT2D eigenvalue weighted by Gasteiger charge is -2.63. The molecule has 2 N–H and O–H groups in total. The van der Waals surface area contributed by atoms with Crippen LogP contribution in [0.1, 0.15) is 68.8 Å². The Morgan fingerprint density at radius 1 is 1.03 bits per heavy atom. The van der Waals surface area contributed by atoms with Gasteiger partial charge in [-0.3, -0.25) is 14.5 Å². The minimum atomic E-state index is -2.28. The number of hydrogen-bond acceptors (Lipinski definition) is 10. The Morgan fingerprint density at radius 2 is 1.81 bits per heavy atom. The van der Waals surface area contributed by atoms with E-state index in [4.69, 9.17) is 18.9 Å². The maximum absolute atomic E-state index is 15.3. The normalized spacial score (nSPS) is 33.3. The van der Waals surface area contributed by atoms with Crippen LogP contribution in [0.5, 0.6) is 5.75 Å². The van der Waals surface area contributed by atoms with Crippen molar-refractivity contribution in [2.45, 2.75) is 87.5 Å². The highest BCUT2D eigenvalue weighted by atomic mass is 16.6. The minimum Gasteiger partial charge on any atom is -0.496 e. The maximum atomic E-state index is 15.3. The molecule has 306 valence electrons. The van der Waals surface area contributed by atoms with E-state index in [2.05, 4.69) is 64.0 Å². The third-order valence-electron chi connectivity index (χ3n) is 14.9. The fourth-order valence-corrected chi connectivity index (χ4v) is 12.9. The van der Waals surface area contributed by atoms with E-state index in [9.17, 15) is 14.7 Å². The standard InChI is InChI=1S/C46H55N4O8/c1-8-28-21-29-24-45(41(52)56-6,37-31(15-19-49(25-28)26-29)30-13-10-11-14-34(30)47-37)33-22-32-35(23-36(33)55-5)48(4)39-44(32)17-20-50-18-12-16-43(9-2,38(44)50)40(58-27(3)51)46(39,54)42(53)57-7/h10-14,16,21-23,25,29,38-40,47,54H,8-9,15,17-20,24,26H2,1-7H3/q+1/t29-,38-,39+,40+,43+,44+,45-,46?/m0/s1. The zero-order valence-electron chi connectivity index (χ0n) is 34.6. The number of aromatic amines is 1. The van der Waals surface area contributed by atoms with Crippen molar-refractivity contribution in [2.24, 2.45) is 11.3 Å². The number of carbonyl (C=O) groups is 3. The number of nitrogens with one attached hydrogen (secondary N) is 1. The first-order valence-corrected chi connectivity index (χ1v) is 20.7. The Hall–Kier alpha value is -4.94. The number of aromatic nitrogens is 1. The number of para-hydroxylation sites is 1. The van der Waals surface area contributed by atoms with E-state index in [0.29, 0.717) is 50.1 Å². The van der Waals surface area contributed by atoms with E-state index in [-0.39, 0.29) is 12.0 Å². The fourth-order valence-electron chi connectivity index (χ4n) is 12.9. The quantitative estimate of drug-likeness (QED) is 0.152. The van der Waals surface area contributed by atoms with E-state index >= 15 is 4.79 Å². The zero-order valence-corrected chi connectivity index (χ0v) is 34.6. The summed E-state index contributed by atoms with van der Waals surface area (Å²) < 4.78 is 26.4. The fraction of sp³-hybridized carbons (Fsp3) is 0.522. The number of H-pyrrole nitrogens is 1. The van der Waals surface area contributed by atoms with Gasteiger partial charge in [0.1, 0.15) is 24.3 Å². The average Bonchev–Trinajstić information content (AvgIpc) is 3.89. The van der Waals surface area contributed by atoms with Gasteiger partial charge in [0.15, 0.2) is 12.3 Å². The van der Waals surface area contributed by atoms with E-state index in [1.54, 1.807) is 7.11 Å². The number of aliphatic hydroxyl groups is 1. The van der Waals surface area contributed by atoms with Crippen LogP contribution in [-0.4, -0.2) is 122 Å². The molecule has 6 heterocycles. The van der Waals surface area contributed by atoms with Gasteiger partial charge in [0.25, 0.3) is 0 Å². The molecule has 3 aromatic rings. The van der Waals surface area contributed by atoms with Crippen molar-refractivity contribution in [3.05, 3.63) is 82.6 Å². The van der Waals surface area contributed by atoms with Crippen molar-refractivity contribution in [1.29, 1.82) is 0 Å². The Labute approximate surface area is 339 Å². The van der Waals surface area contributed by atoms with Crippen molar-refractivity contribution in [3.63, 3.8) is 0 Å². The number of methoxy groups -OCH3 is 3. The highest BCUT2D eigenvalue weighted by Gasteiger charge is 2.80. The first-order valence-electron chi connectivity index (χ1n) is 20.7. The van der Waals surface area contributed by atoms with Gasteiger partial charge in [0, 0.05) is 89.2 Å². The van der Waals surface area contributed by atoms with Gasteiger partial charge in [-0.05, 0) is 55.5 Å². The van der Waals surface area contributed by atoms with Gasteiger partial charge in [-0.15, -0.1) is 0 Å². The molecule has 1 aromatic heterocycles. The number of anilines is 1. The lowest BCUT2D eigenvalue weighted by atomic mass is 9.47. The molecule has 1 saturated carbocycles. The van der Waals surface area contributed by atoms with Crippen LogP contribution < -0.4 is 9.64 Å². The van der Waals surface area contributed by atoms with Crippen molar-refractivity contribution in [3.8, 4) is 5.75 Å². The monoisotopic (exact) mass is 791 g/mol. The van der Waals surface area contributed by atoms with Gasteiger partial charge in [0.2, 0.25) is 5.60 Å². The molecule has 1 aliphatic carbocycles. The zero-order chi connectivity index (χ0) is 40.9. The summed E-state index contributed by atoms with van der Waals surface area (Å²) in [6.07, 6.45) is 10.5. The number of rotatable bonds is 7. The number of likely N-dealkylation sites (N-methyl/N-ethyl adjacent to an activating group) is 1. The summed E-state index contributed by atoms with van der Waals surface area (Å²) in [7, 11) is 6.23. The Bertz CT molecular complexity index is 2330. The lowest BCUT2D eigenvalue weighted by molar-refractivity contribution is -0.529. The molecule has 5 aliphatic heterocycles. The molecule has 12 heteroatoms. The molecule has 1 saturated heterocycles. The third kappa shape index (κ3) is 4.87. The highest BCUT2D eigenvalue weighted by Crippen LogP contribution is 2.68. The van der Waals surface area contributed by atoms with Crippen molar-refractivity contribution >= 4 is 40.7 Å². The van der Waals surface area contributed by atoms with Crippen molar-refractivity contribution in [2.75, 3.05) is 59.5 Å². The Morgan fingerprint density at radius 3 is 2.52 bits per heavy atom. The van der Waals surface area contributed by atoms with Crippen LogP contribution in [-0.2, 0) is 45.8 Å². The van der Waals surface area contributed by atoms with Crippen LogP contribution in [0.25, 0.3) is 10.9 Å². The molecule has 6 aliphatic rings. The van der Waals surface area contributed by atoms with E-state index < -0.39 is 51.9 Å². The summed E-state index contributed by atoms with van der Waals surface area (Å²) in [5, 5.41) is 14.4. The molecule has 9 rings (SSSR count). The largest absolute Gasteiger partial charge is 0.496 e. The number of ether oxygens (including phenoxy) is 4. The summed E-state index contributed by atoms with van der Waals surface area (Å²) in [5.41, 5.74) is 0.887. The molecule has 8 atom stereocenters. The predicted octanol–water partition coefficient (Wildman–Crippen LogP) is 4.58. The van der Waals surface area contributed by atoms with Crippen LogP contribution in [0, 0.1) is 11.3 Å². The van der Waals surface area contributed by atoms with Gasteiger partial charge in [-0.1, -0.05) is 50.3 Å². The van der Waals surface area contributed by atoms with Gasteiger partial charge in [0.05, 0.1) is 27.4 Å². The SMILES string of the molecule is CCC1=C[C@@H]2C[N+](=C1)CCc1c([nH]c3ccccc13)[C@@](C(=O)OC)(c1cc3c(cc1OC)N(C)[C@H]1C(O)(C(=O)OC)[C@H](OC(C)=O)[C@]4(CC)C=CCN5CC[C@]31[C@@H]54)C2. The highest BCUT2D eigenvalue weighted by molar-refractivity contribution is 5.95. The molecule has 0 radical (unpaired) electrons. The second kappa shape index (κ2) is 13.6. The van der Waals surface area contributed by atoms with E-state index in [1.807, 2.05) is 37.1 Å². The Balaban J connectivity index is 1.37. The summed E-state index contributed by atoms with van der Waals surface area (Å²) in [6.45, 7) is 8.38. The smallest absolute Gasteiger partial charge is 0.344 e. The number of nitrogens with zero attached hydrogens (tertiary/aromatic N) is 3. The number of allylic oxidation sites excluding steroid dienone is 1. The van der Waals surface area contributed by atoms with Crippen molar-refractivity contribution in [1.82, 2.24) is 9.88 Å². The van der Waals surface area contributed by atoms with Crippen LogP contribution in [0.2, 0.25) is 0 Å². The number of esters is 3. The van der Waals surface area contributed by atoms with Crippen LogP contribution in [0.15, 0.2) is 60.2 Å². The molecule has 1 spiro atoms. The molecule has 12 nitrogen and oxygen atoms in total. The summed E-state index contributed by atoms with van der Waals surface area (Å²) in [5.74, 6) is -1.36. The minimum absolute atomic E-state index is 0.00950. The number of benzene rings is 2. The van der Waals surface area contributed by atoms with Gasteiger partial charge in [-0.2, -0.15) is 0 Å². The number of fused-ring (bicyclic) bond motifs is 6. The van der Waals surface area contributed by atoms with Crippen LogP contribution >= 0.6 is 0 Å². The second-order valence-electron chi connectivity index (χ2n) is 17.3. The number of hydrogen-bond donors (Lipinski definition) is 2. The van der Waals surface area contributed by atoms with Gasteiger partial charge in [-0.25, -0.2) is 9.37 Å². The summed E-state index contributed by atoms with van der Waals surface area (Å²) >= 11 is 0. The third-order valence-corrected chi connectivity index (χ3v) is 14.9. The molecule has 2 aromatic carbocycles. The summed E-state index contributed by atoms with van der Waals surface area (Å²) in [4.78, 5) is 50.8. The maximum Gasteiger partial charge on any atom is 0.344 e. The first kappa shape index (κ1) is 38.6. The molecule has 2 bridgehead atoms. The van der Waals surface area contributed by atoms with Gasteiger partial charge < -0.3 is 33.9 Å². The predicted molar refractivity (Wildman–Crippen MR) is 219 cm³/mol. The van der Waals surface area contributed by atoms with Gasteiger partial charge >= 0.3 is 17.9 Å². The topological polar surface area (TPSA) is 134 Å². The molecule has 1 unspecified atom stereocenters. The van der Waals surface area contributed by atoms with E-state index in [1.165, 1.54) is 26.7 Å². The molecular weight excluding hydrogens is 737 g/mol. The second-order valence-corrected chi connectivity index (χ2v) is 17.3. The van der Waals surface area contributed by atoms with Crippen LogP contribution in [0.4, 0.5) is 5.69 Å². The average molecular weight is 792 g/mol. The van der Waals surface area contributed by atoms with E-state index in [0.717, 1.165) is 52.9 Å². The van der Waals surface area contributed by atoms with Crippen molar-refractivity contribution < 1.29 is 43.0 Å². The number of carbonyl (C=O) groups excluding carboxylic acids is 3. The summed E-state index contributed by atoms with van der Waals surface area (Å²) in [6, 6.07) is 11.1.